The van der Waals surface area contributed by atoms with E-state index in [1.54, 1.807) is 6.07 Å². The first-order chi connectivity index (χ1) is 34.1. The number of aliphatic imine (C=N–C) groups is 1. The van der Waals surface area contributed by atoms with Gasteiger partial charge in [-0.3, -0.25) is 9.11 Å². The predicted octanol–water partition coefficient (Wildman–Crippen LogP) is 11.9. The van der Waals surface area contributed by atoms with Crippen LogP contribution in [-0.4, -0.2) is 80.5 Å². The van der Waals surface area contributed by atoms with E-state index in [9.17, 15) is 25.9 Å². The van der Waals surface area contributed by atoms with Crippen LogP contribution in [0.4, 0.5) is 11.5 Å². The number of ether oxygens (including phenoxy) is 1. The van der Waals surface area contributed by atoms with E-state index in [2.05, 4.69) is 120 Å². The van der Waals surface area contributed by atoms with Crippen molar-refractivity contribution < 1.29 is 44.3 Å². The summed E-state index contributed by atoms with van der Waals surface area (Å²) in [6.07, 6.45) is 17.2. The summed E-state index contributed by atoms with van der Waals surface area (Å²) >= 11 is 0. The Labute approximate surface area is 430 Å². The van der Waals surface area contributed by atoms with Gasteiger partial charge >= 0.3 is 5.82 Å². The lowest BCUT2D eigenvalue weighted by atomic mass is 9.80. The molecule has 0 spiro atoms. The first-order valence-electron chi connectivity index (χ1n) is 25.3. The number of fused-ring (bicyclic) bond motifs is 2. The molecule has 0 saturated carbocycles. The molecule has 3 aliphatic rings. The number of pyridine rings is 1. The molecule has 0 amide bonds. The molecule has 14 nitrogen and oxygen atoms in total. The van der Waals surface area contributed by atoms with Crippen LogP contribution < -0.4 is 14.2 Å². The first-order valence-corrected chi connectivity index (χ1v) is 29.5. The van der Waals surface area contributed by atoms with Crippen LogP contribution in [0.1, 0.15) is 137 Å². The molecule has 72 heavy (non-hydrogen) atoms. The highest BCUT2D eigenvalue weighted by Gasteiger charge is 2.43. The van der Waals surface area contributed by atoms with Crippen molar-refractivity contribution in [3.05, 3.63) is 119 Å². The summed E-state index contributed by atoms with van der Waals surface area (Å²) in [5, 5.41) is 9.10. The molecule has 6 rings (SSSR count). The summed E-state index contributed by atoms with van der Waals surface area (Å²) in [4.78, 5) is 7.31. The minimum absolute atomic E-state index is 0.120. The van der Waals surface area contributed by atoms with Crippen LogP contribution >= 0.6 is 8.53 Å². The summed E-state index contributed by atoms with van der Waals surface area (Å²) in [7, 11) is -9.81. The number of aryl methyl sites for hydroxylation is 1. The Bertz CT molecular complexity index is 2840. The minimum atomic E-state index is -4.40. The van der Waals surface area contributed by atoms with Gasteiger partial charge in [0.15, 0.2) is 5.71 Å². The van der Waals surface area contributed by atoms with Gasteiger partial charge in [-0.15, -0.1) is 0 Å². The number of nitriles is 1. The normalized spacial score (nSPS) is 18.2. The standard InChI is InChI=1S/C55H74N5O9PS2/c1-10-11-33-59-49-27-26-46(72(64,65)66)39-48(49)55(8,9)51(59)29-25-43-20-14-19-42(24-28-50-54(6,7)47-23-16-31-58(53(47)57-50)32-18-37-71(61,62)63)52(43)44-21-15-22-45(38-44)67-34-12-13-35-68-70(69-36-17-30-56)60(40(2)3)41(4)5/h15-16,21-29,31,38-41H,10-14,17-20,32-37H2,1-9H3,(H-,61,62,63,64,65,66)/p+1. The van der Waals surface area contributed by atoms with E-state index in [-0.39, 0.29) is 29.2 Å². The van der Waals surface area contributed by atoms with Gasteiger partial charge in [-0.1, -0.05) is 51.5 Å². The number of hydrogen-bond acceptors (Lipinski definition) is 11. The maximum Gasteiger partial charge on any atom is 0.327 e. The number of unbranched alkanes of at least 4 members (excludes halogenated alkanes) is 2. The average Bonchev–Trinajstić information content (AvgIpc) is 3.70. The van der Waals surface area contributed by atoms with Gasteiger partial charge in [0.25, 0.3) is 28.8 Å². The van der Waals surface area contributed by atoms with Gasteiger partial charge in [0.05, 0.1) is 66.7 Å². The molecular formula is C55H75N5O9PS2+. The first kappa shape index (κ1) is 56.7. The van der Waals surface area contributed by atoms with Crippen molar-refractivity contribution >= 4 is 51.6 Å². The summed E-state index contributed by atoms with van der Waals surface area (Å²) in [6.45, 7) is 21.6. The molecule has 0 bridgehead atoms. The molecule has 2 aromatic carbocycles. The molecule has 3 aromatic rings. The van der Waals surface area contributed by atoms with Crippen LogP contribution in [0.3, 0.4) is 0 Å². The van der Waals surface area contributed by atoms with Gasteiger partial charge in [-0.05, 0) is 168 Å². The summed E-state index contributed by atoms with van der Waals surface area (Å²) in [6, 6.07) is 19.8. The molecule has 1 aliphatic carbocycles. The minimum Gasteiger partial charge on any atom is -0.494 e. The van der Waals surface area contributed by atoms with Gasteiger partial charge in [-0.25, -0.2) is 9.24 Å². The predicted molar refractivity (Wildman–Crippen MR) is 288 cm³/mol. The van der Waals surface area contributed by atoms with Crippen LogP contribution in [0.25, 0.3) is 5.57 Å². The number of hydrogen-bond donors (Lipinski definition) is 2. The van der Waals surface area contributed by atoms with E-state index in [4.69, 9.17) is 24.0 Å². The quantitative estimate of drug-likeness (QED) is 0.0355. The third kappa shape index (κ3) is 14.0. The summed E-state index contributed by atoms with van der Waals surface area (Å²) in [5.41, 5.74) is 8.15. The van der Waals surface area contributed by atoms with E-state index in [1.165, 1.54) is 6.07 Å². The van der Waals surface area contributed by atoms with Crippen molar-refractivity contribution in [2.24, 2.45) is 4.99 Å². The SMILES string of the molecule is CCCCN1/C(=C/C=C2\CCCC(/C=C/C3=Nc4c(ccc[n+]4CCCS(=O)(=O)O)C3(C)C)=C2c2cccc(OCCCCOP(OCCC#N)N(C(C)C)C(C)C)c2)C(C)(C)c2cc(S(=O)(=O)O)ccc21. The monoisotopic (exact) mass is 1040 g/mol. The molecule has 17 heteroatoms. The van der Waals surface area contributed by atoms with Gasteiger partial charge in [0.2, 0.25) is 0 Å². The molecule has 0 saturated heterocycles. The van der Waals surface area contributed by atoms with E-state index in [0.29, 0.717) is 32.8 Å². The molecule has 2 aliphatic heterocycles. The van der Waals surface area contributed by atoms with E-state index >= 15 is 0 Å². The van der Waals surface area contributed by atoms with Crippen molar-refractivity contribution in [1.29, 1.82) is 5.26 Å². The lowest BCUT2D eigenvalue weighted by Gasteiger charge is -2.35. The maximum absolute atomic E-state index is 12.3. The fourth-order valence-corrected chi connectivity index (χ4v) is 12.5. The highest BCUT2D eigenvalue weighted by Crippen LogP contribution is 2.50. The Morgan fingerprint density at radius 2 is 1.61 bits per heavy atom. The zero-order valence-electron chi connectivity index (χ0n) is 43.6. The van der Waals surface area contributed by atoms with E-state index in [0.717, 1.165) is 114 Å². The van der Waals surface area contributed by atoms with Crippen LogP contribution in [-0.2, 0) is 46.7 Å². The van der Waals surface area contributed by atoms with Crippen LogP contribution in [0.5, 0.6) is 5.75 Å². The Morgan fingerprint density at radius 3 is 2.31 bits per heavy atom. The largest absolute Gasteiger partial charge is 0.494 e. The number of benzene rings is 2. The smallest absolute Gasteiger partial charge is 0.327 e. The van der Waals surface area contributed by atoms with Crippen molar-refractivity contribution in [2.75, 3.05) is 37.0 Å². The lowest BCUT2D eigenvalue weighted by Crippen LogP contribution is -2.35. The molecule has 0 radical (unpaired) electrons. The summed E-state index contributed by atoms with van der Waals surface area (Å²) < 4.78 is 90.1. The van der Waals surface area contributed by atoms with Crippen molar-refractivity contribution in [1.82, 2.24) is 4.67 Å². The van der Waals surface area contributed by atoms with Crippen molar-refractivity contribution in [2.45, 2.75) is 154 Å². The van der Waals surface area contributed by atoms with Gasteiger partial charge in [-0.2, -0.15) is 22.1 Å². The van der Waals surface area contributed by atoms with Crippen molar-refractivity contribution in [3.8, 4) is 11.8 Å². The van der Waals surface area contributed by atoms with E-state index < -0.39 is 39.6 Å². The lowest BCUT2D eigenvalue weighted by molar-refractivity contribution is -0.684. The molecular weight excluding hydrogens is 970 g/mol. The molecule has 1 aromatic heterocycles. The number of anilines is 1. The third-order valence-electron chi connectivity index (χ3n) is 13.5. The highest BCUT2D eigenvalue weighted by molar-refractivity contribution is 7.86. The molecule has 1 unspecified atom stereocenters. The van der Waals surface area contributed by atoms with Gasteiger partial charge < -0.3 is 18.7 Å². The second-order valence-electron chi connectivity index (χ2n) is 20.3. The van der Waals surface area contributed by atoms with Crippen LogP contribution in [0, 0.1) is 11.3 Å². The third-order valence-corrected chi connectivity index (χ3v) is 17.3. The zero-order chi connectivity index (χ0) is 52.4. The Kier molecular flexibility index (Phi) is 19.4. The fraction of sp³-hybridized carbons (Fsp3) is 0.509. The molecule has 3 heterocycles. The Hall–Kier alpha value is -4.56. The molecule has 1 atom stereocenters. The second kappa shape index (κ2) is 24.6. The topological polar surface area (TPSA) is 183 Å². The van der Waals surface area contributed by atoms with E-state index in [1.807, 2.05) is 35.0 Å². The highest BCUT2D eigenvalue weighted by atomic mass is 32.2. The number of allylic oxidation sites excluding steroid dienone is 8. The Balaban J connectivity index is 1.33. The number of aromatic nitrogens is 1. The molecule has 2 N–H and O–H groups in total. The number of nitrogens with zero attached hydrogens (tertiary/aromatic N) is 5. The molecule has 0 fully saturated rings. The van der Waals surface area contributed by atoms with Gasteiger partial charge in [0.1, 0.15) is 5.75 Å². The second-order valence-corrected chi connectivity index (χ2v) is 24.7. The summed E-state index contributed by atoms with van der Waals surface area (Å²) in [5.74, 6) is 1.19. The van der Waals surface area contributed by atoms with Crippen molar-refractivity contribution in [3.63, 3.8) is 0 Å². The maximum atomic E-state index is 12.3. The van der Waals surface area contributed by atoms with Gasteiger partial charge in [0, 0.05) is 41.8 Å². The fourth-order valence-electron chi connectivity index (χ4n) is 9.84. The van der Waals surface area contributed by atoms with Crippen LogP contribution in [0.2, 0.25) is 0 Å². The number of rotatable bonds is 25. The zero-order valence-corrected chi connectivity index (χ0v) is 46.1. The average molecular weight is 1050 g/mol. The van der Waals surface area contributed by atoms with Crippen LogP contribution in [0.15, 0.2) is 112 Å². The Morgan fingerprint density at radius 1 is 0.875 bits per heavy atom. The molecule has 390 valence electrons.